The van der Waals surface area contributed by atoms with Crippen molar-refractivity contribution in [3.8, 4) is 5.75 Å². The molecule has 3 aromatic carbocycles. The summed E-state index contributed by atoms with van der Waals surface area (Å²) in [4.78, 5) is 15.5. The van der Waals surface area contributed by atoms with E-state index in [1.54, 1.807) is 53.4 Å². The summed E-state index contributed by atoms with van der Waals surface area (Å²) in [6.45, 7) is 1.86. The van der Waals surface area contributed by atoms with Gasteiger partial charge in [0.25, 0.3) is 0 Å². The molecule has 0 aromatic heterocycles. The fourth-order valence-electron chi connectivity index (χ4n) is 4.51. The second-order valence-corrected chi connectivity index (χ2v) is 9.75. The number of halogens is 3. The Balaban J connectivity index is 1.63. The molecule has 33 heavy (non-hydrogen) atoms. The minimum atomic E-state index is -1.14. The van der Waals surface area contributed by atoms with Gasteiger partial charge in [0.1, 0.15) is 11.7 Å². The molecule has 0 aliphatic carbocycles. The quantitative estimate of drug-likeness (QED) is 0.391. The predicted octanol–water partition coefficient (Wildman–Crippen LogP) is 6.45. The Kier molecular flexibility index (Phi) is 5.65. The normalized spacial score (nSPS) is 23.3. The SMILES string of the molecule is CC12Oc3ccc(Cl)cc3C(NC(=S)N1c1cccc(Cl)c1)C2C(=O)Nc1ccc(Cl)cc1. The molecule has 2 N–H and O–H groups in total. The van der Waals surface area contributed by atoms with Crippen molar-refractivity contribution >= 4 is 69.4 Å². The van der Waals surface area contributed by atoms with E-state index in [0.29, 0.717) is 37.3 Å². The van der Waals surface area contributed by atoms with Gasteiger partial charge in [-0.25, -0.2) is 0 Å². The molecule has 2 aliphatic heterocycles. The van der Waals surface area contributed by atoms with Gasteiger partial charge < -0.3 is 15.4 Å². The van der Waals surface area contributed by atoms with Crippen LogP contribution in [-0.4, -0.2) is 16.7 Å². The van der Waals surface area contributed by atoms with Crippen molar-refractivity contribution in [2.45, 2.75) is 18.7 Å². The Hall–Kier alpha value is -2.51. The van der Waals surface area contributed by atoms with E-state index in [-0.39, 0.29) is 5.91 Å². The topological polar surface area (TPSA) is 53.6 Å². The molecule has 2 heterocycles. The first kappa shape index (κ1) is 22.3. The first-order valence-electron chi connectivity index (χ1n) is 10.2. The minimum absolute atomic E-state index is 0.238. The first-order chi connectivity index (χ1) is 15.8. The molecule has 2 aliphatic rings. The predicted molar refractivity (Wildman–Crippen MR) is 136 cm³/mol. The lowest BCUT2D eigenvalue weighted by Gasteiger charge is -2.56. The van der Waals surface area contributed by atoms with Gasteiger partial charge in [-0.3, -0.25) is 9.69 Å². The van der Waals surface area contributed by atoms with Gasteiger partial charge in [-0.15, -0.1) is 0 Å². The largest absolute Gasteiger partial charge is 0.467 e. The zero-order valence-corrected chi connectivity index (χ0v) is 20.4. The van der Waals surface area contributed by atoms with Gasteiger partial charge in [-0.05, 0) is 79.8 Å². The molecular weight excluding hydrogens is 501 g/mol. The maximum atomic E-state index is 13.7. The van der Waals surface area contributed by atoms with Gasteiger partial charge in [0.05, 0.1) is 6.04 Å². The van der Waals surface area contributed by atoms with E-state index in [2.05, 4.69) is 10.6 Å². The summed E-state index contributed by atoms with van der Waals surface area (Å²) >= 11 is 24.3. The van der Waals surface area contributed by atoms with Crippen LogP contribution in [0, 0.1) is 5.92 Å². The molecule has 168 valence electrons. The van der Waals surface area contributed by atoms with E-state index in [4.69, 9.17) is 51.8 Å². The zero-order chi connectivity index (χ0) is 23.3. The van der Waals surface area contributed by atoms with Gasteiger partial charge in [-0.1, -0.05) is 40.9 Å². The minimum Gasteiger partial charge on any atom is -0.467 e. The fraction of sp³-hybridized carbons (Fsp3) is 0.167. The second-order valence-electron chi connectivity index (χ2n) is 8.06. The molecule has 1 amide bonds. The van der Waals surface area contributed by atoms with Gasteiger partial charge in [0.15, 0.2) is 10.8 Å². The number of carbonyl (C=O) groups is 1. The highest BCUT2D eigenvalue weighted by atomic mass is 35.5. The summed E-state index contributed by atoms with van der Waals surface area (Å²) in [5, 5.41) is 8.43. The van der Waals surface area contributed by atoms with Gasteiger partial charge in [-0.2, -0.15) is 0 Å². The summed E-state index contributed by atoms with van der Waals surface area (Å²) in [6.07, 6.45) is 0. The number of ether oxygens (including phenoxy) is 1. The molecule has 1 fully saturated rings. The highest BCUT2D eigenvalue weighted by Crippen LogP contribution is 2.50. The molecule has 0 saturated carbocycles. The molecule has 5 rings (SSSR count). The lowest BCUT2D eigenvalue weighted by atomic mass is 9.78. The van der Waals surface area contributed by atoms with Crippen molar-refractivity contribution < 1.29 is 9.53 Å². The first-order valence-corrected chi connectivity index (χ1v) is 11.7. The molecule has 0 radical (unpaired) electrons. The van der Waals surface area contributed by atoms with Crippen molar-refractivity contribution in [1.29, 1.82) is 0 Å². The lowest BCUT2D eigenvalue weighted by Crippen LogP contribution is -2.72. The third kappa shape index (κ3) is 3.91. The van der Waals surface area contributed by atoms with Crippen LogP contribution in [0.1, 0.15) is 18.5 Å². The number of fused-ring (bicyclic) bond motifs is 4. The van der Waals surface area contributed by atoms with Crippen LogP contribution in [0.25, 0.3) is 0 Å². The number of anilines is 2. The number of nitrogens with zero attached hydrogens (tertiary/aromatic N) is 1. The number of hydrogen-bond donors (Lipinski definition) is 2. The van der Waals surface area contributed by atoms with Crippen LogP contribution >= 0.6 is 47.0 Å². The molecular formula is C24H18Cl3N3O2S. The highest BCUT2D eigenvalue weighted by molar-refractivity contribution is 7.80. The Labute approximate surface area is 211 Å². The number of hydrogen-bond acceptors (Lipinski definition) is 3. The van der Waals surface area contributed by atoms with Gasteiger partial charge in [0, 0.05) is 32.0 Å². The van der Waals surface area contributed by atoms with Crippen molar-refractivity contribution in [2.24, 2.45) is 5.92 Å². The third-order valence-corrected chi connectivity index (χ3v) is 6.94. The molecule has 3 atom stereocenters. The Bertz CT molecular complexity index is 1270. The van der Waals surface area contributed by atoms with Gasteiger partial charge >= 0.3 is 0 Å². The second kappa shape index (κ2) is 8.37. The van der Waals surface area contributed by atoms with E-state index in [1.165, 1.54) is 0 Å². The van der Waals surface area contributed by atoms with Crippen molar-refractivity contribution in [1.82, 2.24) is 5.32 Å². The van der Waals surface area contributed by atoms with E-state index in [1.807, 2.05) is 25.1 Å². The maximum absolute atomic E-state index is 13.7. The van der Waals surface area contributed by atoms with Gasteiger partial charge in [0.2, 0.25) is 5.91 Å². The fourth-order valence-corrected chi connectivity index (χ4v) is 5.42. The Morgan fingerprint density at radius 3 is 2.45 bits per heavy atom. The standard InChI is InChI=1S/C24H18Cl3N3O2S/c1-24-20(22(31)28-16-8-5-13(25)6-9-16)21(18-12-15(27)7-10-19(18)32-24)29-23(33)30(24)17-4-2-3-14(26)11-17/h2-12,20-21H,1H3,(H,28,31)(H,29,33). The van der Waals surface area contributed by atoms with E-state index >= 15 is 0 Å². The number of benzene rings is 3. The van der Waals surface area contributed by atoms with Crippen LogP contribution in [0.4, 0.5) is 11.4 Å². The summed E-state index contributed by atoms with van der Waals surface area (Å²) < 4.78 is 6.53. The van der Waals surface area contributed by atoms with Crippen molar-refractivity contribution in [3.63, 3.8) is 0 Å². The molecule has 0 spiro atoms. The molecule has 2 bridgehead atoms. The monoisotopic (exact) mass is 517 g/mol. The van der Waals surface area contributed by atoms with Crippen molar-refractivity contribution in [3.05, 3.63) is 87.4 Å². The number of thiocarbonyl (C=S) groups is 1. The Morgan fingerprint density at radius 1 is 1.03 bits per heavy atom. The van der Waals surface area contributed by atoms with E-state index in [0.717, 1.165) is 5.56 Å². The molecule has 1 saturated heterocycles. The van der Waals surface area contributed by atoms with Crippen LogP contribution in [0.5, 0.6) is 5.75 Å². The number of rotatable bonds is 3. The van der Waals surface area contributed by atoms with Crippen LogP contribution in [-0.2, 0) is 4.79 Å². The van der Waals surface area contributed by atoms with Crippen LogP contribution in [0.15, 0.2) is 66.7 Å². The number of carbonyl (C=O) groups excluding carboxylic acids is 1. The molecule has 5 nitrogen and oxygen atoms in total. The summed E-state index contributed by atoms with van der Waals surface area (Å²) in [6, 6.07) is 19.1. The Morgan fingerprint density at radius 2 is 1.73 bits per heavy atom. The number of nitrogens with one attached hydrogen (secondary N) is 2. The summed E-state index contributed by atoms with van der Waals surface area (Å²) in [5.74, 6) is -0.299. The van der Waals surface area contributed by atoms with Crippen LogP contribution < -0.4 is 20.3 Å². The van der Waals surface area contributed by atoms with E-state index < -0.39 is 17.7 Å². The average Bonchev–Trinajstić information content (AvgIpc) is 2.75. The van der Waals surface area contributed by atoms with Crippen LogP contribution in [0.3, 0.4) is 0 Å². The summed E-state index contributed by atoms with van der Waals surface area (Å²) in [7, 11) is 0. The van der Waals surface area contributed by atoms with E-state index in [9.17, 15) is 4.79 Å². The molecule has 3 unspecified atom stereocenters. The molecule has 3 aromatic rings. The lowest BCUT2D eigenvalue weighted by molar-refractivity contribution is -0.130. The third-order valence-electron chi connectivity index (χ3n) is 5.92. The highest BCUT2D eigenvalue weighted by Gasteiger charge is 2.59. The van der Waals surface area contributed by atoms with Crippen molar-refractivity contribution in [2.75, 3.05) is 10.2 Å². The average molecular weight is 519 g/mol. The summed E-state index contributed by atoms with van der Waals surface area (Å²) in [5.41, 5.74) is 0.960. The van der Waals surface area contributed by atoms with Crippen LogP contribution in [0.2, 0.25) is 15.1 Å². The zero-order valence-electron chi connectivity index (χ0n) is 17.3. The number of amides is 1. The molecule has 9 heteroatoms. The maximum Gasteiger partial charge on any atom is 0.236 e. The smallest absolute Gasteiger partial charge is 0.236 e.